The van der Waals surface area contributed by atoms with Gasteiger partial charge in [0.25, 0.3) is 0 Å². The van der Waals surface area contributed by atoms with Crippen LogP contribution < -0.4 is 9.47 Å². The topological polar surface area (TPSA) is 48.0 Å². The van der Waals surface area contributed by atoms with Gasteiger partial charge in [0.2, 0.25) is 0 Å². The summed E-state index contributed by atoms with van der Waals surface area (Å²) in [6, 6.07) is 14.1. The molecule has 0 aromatic heterocycles. The number of carbonyl (C=O) groups excluding carboxylic acids is 1. The summed E-state index contributed by atoms with van der Waals surface area (Å²) >= 11 is 5.91. The monoisotopic (exact) mass is 389 g/mol. The van der Waals surface area contributed by atoms with Gasteiger partial charge in [0.1, 0.15) is 24.2 Å². The van der Waals surface area contributed by atoms with Gasteiger partial charge in [-0.2, -0.15) is 0 Å². The Labute approximate surface area is 164 Å². The Balaban J connectivity index is 1.62. The molecule has 2 aromatic rings. The Morgan fingerprint density at radius 1 is 1.04 bits per heavy atom. The van der Waals surface area contributed by atoms with Crippen LogP contribution in [0.2, 0.25) is 5.02 Å². The lowest BCUT2D eigenvalue weighted by Crippen LogP contribution is -2.37. The lowest BCUT2D eigenvalue weighted by atomic mass is 10.2. The van der Waals surface area contributed by atoms with Crippen LogP contribution in [0, 0.1) is 0 Å². The predicted octanol–water partition coefficient (Wildman–Crippen LogP) is 4.05. The lowest BCUT2D eigenvalue weighted by molar-refractivity contribution is 0.00809. The number of methoxy groups -OCH3 is 1. The molecule has 1 aliphatic rings. The van der Waals surface area contributed by atoms with E-state index in [0.717, 1.165) is 13.1 Å². The van der Waals surface area contributed by atoms with Crippen LogP contribution in [0.5, 0.6) is 11.5 Å². The van der Waals surface area contributed by atoms with Crippen molar-refractivity contribution in [2.24, 2.45) is 0 Å². The molecule has 0 bridgehead atoms. The molecule has 2 aromatic carbocycles. The van der Waals surface area contributed by atoms with Gasteiger partial charge >= 0.3 is 5.97 Å². The van der Waals surface area contributed by atoms with Gasteiger partial charge in [-0.15, -0.1) is 0 Å². The van der Waals surface area contributed by atoms with Gasteiger partial charge in [-0.05, 0) is 74.5 Å². The van der Waals surface area contributed by atoms with E-state index in [9.17, 15) is 4.79 Å². The number of hydrogen-bond acceptors (Lipinski definition) is 5. The number of likely N-dealkylation sites (tertiary alicyclic amines) is 1. The molecule has 1 heterocycles. The van der Waals surface area contributed by atoms with Crippen molar-refractivity contribution in [2.45, 2.75) is 18.9 Å². The standard InChI is InChI=1S/C21H24ClNO4/c1-25-18-8-4-16(5-9-18)21(24)27-20(14-23-12-2-3-13-23)15-26-19-10-6-17(22)7-11-19/h4-11,20H,2-3,12-15H2,1H3/t20-/m0/s1. The number of esters is 1. The lowest BCUT2D eigenvalue weighted by Gasteiger charge is -2.24. The molecule has 0 N–H and O–H groups in total. The zero-order valence-corrected chi connectivity index (χ0v) is 16.2. The fourth-order valence-corrected chi connectivity index (χ4v) is 3.17. The maximum atomic E-state index is 12.5. The Kier molecular flexibility index (Phi) is 6.96. The average Bonchev–Trinajstić information content (AvgIpc) is 3.20. The highest BCUT2D eigenvalue weighted by Gasteiger charge is 2.22. The minimum absolute atomic E-state index is 0.292. The molecule has 3 rings (SSSR count). The first-order valence-electron chi connectivity index (χ1n) is 9.10. The Bertz CT molecular complexity index is 727. The smallest absolute Gasteiger partial charge is 0.338 e. The van der Waals surface area contributed by atoms with E-state index in [-0.39, 0.29) is 12.1 Å². The van der Waals surface area contributed by atoms with Crippen molar-refractivity contribution < 1.29 is 19.0 Å². The second-order valence-electron chi connectivity index (χ2n) is 6.53. The van der Waals surface area contributed by atoms with Crippen LogP contribution in [0.3, 0.4) is 0 Å². The number of ether oxygens (including phenoxy) is 3. The van der Waals surface area contributed by atoms with Crippen LogP contribution in [0.1, 0.15) is 23.2 Å². The maximum Gasteiger partial charge on any atom is 0.338 e. The minimum atomic E-state index is -0.360. The number of carbonyl (C=O) groups is 1. The number of benzene rings is 2. The largest absolute Gasteiger partial charge is 0.497 e. The molecule has 0 spiro atoms. The highest BCUT2D eigenvalue weighted by Crippen LogP contribution is 2.18. The van der Waals surface area contributed by atoms with Gasteiger partial charge in [-0.25, -0.2) is 4.79 Å². The van der Waals surface area contributed by atoms with Gasteiger partial charge in [0, 0.05) is 11.6 Å². The molecule has 5 nitrogen and oxygen atoms in total. The van der Waals surface area contributed by atoms with E-state index in [1.54, 1.807) is 55.6 Å². The van der Waals surface area contributed by atoms with Crippen molar-refractivity contribution in [1.29, 1.82) is 0 Å². The average molecular weight is 390 g/mol. The molecule has 0 aliphatic carbocycles. The van der Waals surface area contributed by atoms with Crippen molar-refractivity contribution >= 4 is 17.6 Å². The molecule has 1 saturated heterocycles. The summed E-state index contributed by atoms with van der Waals surface area (Å²) in [5.74, 6) is 1.04. The highest BCUT2D eigenvalue weighted by atomic mass is 35.5. The van der Waals surface area contributed by atoms with Crippen LogP contribution in [0.25, 0.3) is 0 Å². The molecule has 1 aliphatic heterocycles. The second-order valence-corrected chi connectivity index (χ2v) is 6.96. The first kappa shape index (κ1) is 19.5. The van der Waals surface area contributed by atoms with Crippen LogP contribution in [-0.4, -0.2) is 50.3 Å². The van der Waals surface area contributed by atoms with E-state index in [1.165, 1.54) is 12.8 Å². The third-order valence-corrected chi connectivity index (χ3v) is 4.76. The fraction of sp³-hybridized carbons (Fsp3) is 0.381. The van der Waals surface area contributed by atoms with Crippen LogP contribution in [0.15, 0.2) is 48.5 Å². The normalized spacial score (nSPS) is 15.3. The van der Waals surface area contributed by atoms with Crippen molar-refractivity contribution in [2.75, 3.05) is 33.4 Å². The van der Waals surface area contributed by atoms with Gasteiger partial charge < -0.3 is 14.2 Å². The minimum Gasteiger partial charge on any atom is -0.497 e. The molecule has 0 amide bonds. The predicted molar refractivity (Wildman–Crippen MR) is 105 cm³/mol. The SMILES string of the molecule is COc1ccc(C(=O)O[C@H](COc2ccc(Cl)cc2)CN2CCCC2)cc1. The number of nitrogens with zero attached hydrogens (tertiary/aromatic N) is 1. The molecule has 6 heteroatoms. The van der Waals surface area contributed by atoms with E-state index in [2.05, 4.69) is 4.90 Å². The third kappa shape index (κ3) is 5.88. The van der Waals surface area contributed by atoms with Crippen LogP contribution in [-0.2, 0) is 4.74 Å². The molecule has 0 unspecified atom stereocenters. The fourth-order valence-electron chi connectivity index (χ4n) is 3.04. The van der Waals surface area contributed by atoms with Crippen LogP contribution >= 0.6 is 11.6 Å². The summed E-state index contributed by atoms with van der Waals surface area (Å²) in [6.07, 6.45) is 2.00. The van der Waals surface area contributed by atoms with E-state index in [0.29, 0.717) is 35.2 Å². The summed E-state index contributed by atoms with van der Waals surface area (Å²) in [4.78, 5) is 14.8. The zero-order chi connectivity index (χ0) is 19.1. The first-order valence-corrected chi connectivity index (χ1v) is 9.47. The van der Waals surface area contributed by atoms with Crippen molar-refractivity contribution in [3.8, 4) is 11.5 Å². The molecule has 1 atom stereocenters. The van der Waals surface area contributed by atoms with E-state index < -0.39 is 0 Å². The molecular formula is C21H24ClNO4. The highest BCUT2D eigenvalue weighted by molar-refractivity contribution is 6.30. The number of halogens is 1. The summed E-state index contributed by atoms with van der Waals surface area (Å²) in [6.45, 7) is 3.00. The number of rotatable bonds is 8. The zero-order valence-electron chi connectivity index (χ0n) is 15.4. The molecule has 144 valence electrons. The van der Waals surface area contributed by atoms with E-state index >= 15 is 0 Å². The number of hydrogen-bond donors (Lipinski definition) is 0. The van der Waals surface area contributed by atoms with Crippen LogP contribution in [0.4, 0.5) is 0 Å². The maximum absolute atomic E-state index is 12.5. The van der Waals surface area contributed by atoms with E-state index in [1.807, 2.05) is 0 Å². The molecule has 27 heavy (non-hydrogen) atoms. The van der Waals surface area contributed by atoms with Gasteiger partial charge in [0.05, 0.1) is 12.7 Å². The summed E-state index contributed by atoms with van der Waals surface area (Å²) in [5, 5.41) is 0.655. The molecule has 0 radical (unpaired) electrons. The van der Waals surface area contributed by atoms with Crippen molar-refractivity contribution in [3.05, 3.63) is 59.1 Å². The second kappa shape index (κ2) is 9.62. The quantitative estimate of drug-likeness (QED) is 0.637. The Morgan fingerprint density at radius 2 is 1.67 bits per heavy atom. The summed E-state index contributed by atoms with van der Waals surface area (Å²) in [5.41, 5.74) is 0.494. The third-order valence-electron chi connectivity index (χ3n) is 4.51. The molecule has 0 saturated carbocycles. The summed E-state index contributed by atoms with van der Waals surface area (Å²) < 4.78 is 16.7. The van der Waals surface area contributed by atoms with Crippen molar-refractivity contribution in [3.63, 3.8) is 0 Å². The van der Waals surface area contributed by atoms with Crippen molar-refractivity contribution in [1.82, 2.24) is 4.90 Å². The summed E-state index contributed by atoms with van der Waals surface area (Å²) in [7, 11) is 1.59. The Morgan fingerprint density at radius 3 is 2.30 bits per heavy atom. The van der Waals surface area contributed by atoms with Gasteiger partial charge in [-0.1, -0.05) is 11.6 Å². The van der Waals surface area contributed by atoms with E-state index in [4.69, 9.17) is 25.8 Å². The Hall–Kier alpha value is -2.24. The van der Waals surface area contributed by atoms with Gasteiger partial charge in [0.15, 0.2) is 0 Å². The van der Waals surface area contributed by atoms with Gasteiger partial charge in [-0.3, -0.25) is 4.90 Å². The first-order chi connectivity index (χ1) is 13.1. The molecular weight excluding hydrogens is 366 g/mol. The molecule has 1 fully saturated rings.